The van der Waals surface area contributed by atoms with Crippen molar-refractivity contribution < 1.29 is 39.6 Å². The molecule has 0 spiro atoms. The van der Waals surface area contributed by atoms with Crippen molar-refractivity contribution in [2.24, 2.45) is 0 Å². The van der Waals surface area contributed by atoms with Crippen molar-refractivity contribution in [3.8, 4) is 0 Å². The summed E-state index contributed by atoms with van der Waals surface area (Å²) in [5, 5.41) is 37.0. The van der Waals surface area contributed by atoms with E-state index < -0.39 is 23.9 Å². The van der Waals surface area contributed by atoms with Gasteiger partial charge >= 0.3 is 81.5 Å². The van der Waals surface area contributed by atoms with Crippen LogP contribution in [0.25, 0.3) is 0 Å². The van der Waals surface area contributed by atoms with E-state index in [1.165, 1.54) is 205 Å². The number of rotatable bonds is 46. The average Bonchev–Trinajstić information content (AvgIpc) is 3.27. The minimum absolute atomic E-state index is 0.149. The molecule has 0 bridgehead atoms. The molecule has 0 aromatic rings. The van der Waals surface area contributed by atoms with Crippen molar-refractivity contribution in [3.05, 3.63) is 0 Å². The van der Waals surface area contributed by atoms with Gasteiger partial charge in [-0.15, -0.1) is 0 Å². The van der Waals surface area contributed by atoms with Gasteiger partial charge in [-0.25, -0.2) is 0 Å². The monoisotopic (exact) mass is 1030 g/mol. The molecule has 0 heterocycles. The molecule has 0 aliphatic heterocycles. The van der Waals surface area contributed by atoms with Gasteiger partial charge < -0.3 is 30.0 Å². The standard InChI is InChI=1S/4C12H24O2.2C4H9.Sn/c4*1-2-3-4-5-6-7-8-9-10-11-12(13)14;2*1-3-4-2;/h4*2-11H2,1H3,(H,13,14);2*1,3-4H2,2H3;/q;;;;;;+2/p-2. The predicted octanol–water partition coefficient (Wildman–Crippen LogP) is 16.4. The Morgan fingerprint density at radius 1 is 0.277 bits per heavy atom. The Balaban J connectivity index is -0.000000232. The first-order valence-electron chi connectivity index (χ1n) is 28.0. The van der Waals surface area contributed by atoms with E-state index in [1.807, 2.05) is 0 Å². The Morgan fingerprint density at radius 3 is 0.615 bits per heavy atom. The predicted molar refractivity (Wildman–Crippen MR) is 278 cm³/mol. The Hall–Kier alpha value is -1.32. The zero-order chi connectivity index (χ0) is 49.5. The zero-order valence-electron chi connectivity index (χ0n) is 44.4. The van der Waals surface area contributed by atoms with Gasteiger partial charge in [0.15, 0.2) is 0 Å². The molecule has 2 N–H and O–H groups in total. The molecule has 0 rings (SSSR count). The summed E-state index contributed by atoms with van der Waals surface area (Å²) < 4.78 is 3.25. The topological polar surface area (TPSA) is 155 Å². The minimum atomic E-state index is -0.909. The van der Waals surface area contributed by atoms with Gasteiger partial charge in [-0.1, -0.05) is 233 Å². The second-order valence-corrected chi connectivity index (χ2v) is 22.6. The Bertz CT molecular complexity index is 766. The summed E-state index contributed by atoms with van der Waals surface area (Å²) in [5.74, 6) is -3.14. The normalized spacial score (nSPS) is 10.2. The molecule has 65 heavy (non-hydrogen) atoms. The van der Waals surface area contributed by atoms with Gasteiger partial charge in [0, 0.05) is 24.8 Å². The third kappa shape index (κ3) is 97.4. The maximum absolute atomic E-state index is 10.2. The number of hydrogen-bond acceptors (Lipinski definition) is 6. The number of carbonyl (C=O) groups is 4. The van der Waals surface area contributed by atoms with Gasteiger partial charge in [-0.05, 0) is 38.5 Å². The summed E-state index contributed by atoms with van der Waals surface area (Å²) in [6, 6.07) is 0. The van der Waals surface area contributed by atoms with E-state index in [9.17, 15) is 29.4 Å². The van der Waals surface area contributed by atoms with Crippen molar-refractivity contribution in [2.75, 3.05) is 0 Å². The van der Waals surface area contributed by atoms with E-state index in [1.54, 1.807) is 8.87 Å². The Labute approximate surface area is 415 Å². The van der Waals surface area contributed by atoms with Crippen molar-refractivity contribution in [1.82, 2.24) is 0 Å². The van der Waals surface area contributed by atoms with Crippen molar-refractivity contribution in [2.45, 2.75) is 333 Å². The average molecular weight is 1030 g/mol. The molecule has 0 aliphatic rings. The van der Waals surface area contributed by atoms with Crippen LogP contribution in [0.2, 0.25) is 8.87 Å². The van der Waals surface area contributed by atoms with Gasteiger partial charge in [-0.2, -0.15) is 0 Å². The van der Waals surface area contributed by atoms with Crippen LogP contribution in [-0.2, 0) is 19.2 Å². The number of hydrogen-bond donors (Lipinski definition) is 2. The van der Waals surface area contributed by atoms with E-state index in [0.717, 1.165) is 51.4 Å². The fraction of sp³-hybridized carbons (Fsp3) is 0.929. The Kier molecular flexibility index (Phi) is 80.1. The second kappa shape index (κ2) is 71.7. The van der Waals surface area contributed by atoms with Crippen LogP contribution >= 0.6 is 0 Å². The van der Waals surface area contributed by atoms with E-state index in [2.05, 4.69) is 41.5 Å². The van der Waals surface area contributed by atoms with Gasteiger partial charge in [0.25, 0.3) is 0 Å². The van der Waals surface area contributed by atoms with Crippen molar-refractivity contribution in [1.29, 1.82) is 0 Å². The van der Waals surface area contributed by atoms with Crippen molar-refractivity contribution in [3.63, 3.8) is 0 Å². The van der Waals surface area contributed by atoms with Gasteiger partial charge in [0.2, 0.25) is 0 Å². The fourth-order valence-corrected chi connectivity index (χ4v) is 11.2. The van der Waals surface area contributed by atoms with Crippen LogP contribution in [0.15, 0.2) is 0 Å². The SMILES string of the molecule is CCCCCCCCCCCC(=O)O.CCCCCCCCCCCC(=O)O.CCCCCCCCCCCC(=O)[O-].CCCCCCCCCCCC(=O)[O-].CCC[CH2][Sn+2][CH2]CCC. The van der Waals surface area contributed by atoms with Crippen LogP contribution in [0, 0.1) is 0 Å². The van der Waals surface area contributed by atoms with Gasteiger partial charge in [0.1, 0.15) is 0 Å². The molecule has 0 saturated heterocycles. The first kappa shape index (κ1) is 72.7. The number of carbonyl (C=O) groups excluding carboxylic acids is 2. The molecule has 0 aromatic carbocycles. The number of aliphatic carboxylic acids is 4. The molecular formula is C56H112O8Sn. The van der Waals surface area contributed by atoms with Gasteiger partial charge in [0.05, 0.1) is 0 Å². The quantitative estimate of drug-likeness (QED) is 0.0451. The van der Waals surface area contributed by atoms with Crippen LogP contribution < -0.4 is 10.2 Å². The number of unbranched alkanes of at least 4 members (excludes halogenated alkanes) is 34. The molecule has 0 fully saturated rings. The molecule has 0 aliphatic carbocycles. The summed E-state index contributed by atoms with van der Waals surface area (Å²) in [4.78, 5) is 40.6. The third-order valence-corrected chi connectivity index (χ3v) is 15.4. The number of carboxylic acid groups (broad SMARTS) is 4. The summed E-state index contributed by atoms with van der Waals surface area (Å²) in [6.45, 7) is 13.5. The Morgan fingerprint density at radius 2 is 0.446 bits per heavy atom. The third-order valence-electron chi connectivity index (χ3n) is 11.4. The first-order chi connectivity index (χ1) is 31.5. The van der Waals surface area contributed by atoms with Gasteiger partial charge in [-0.3, -0.25) is 9.59 Å². The molecule has 0 aromatic heterocycles. The van der Waals surface area contributed by atoms with E-state index in [4.69, 9.17) is 10.2 Å². The van der Waals surface area contributed by atoms with E-state index >= 15 is 0 Å². The summed E-state index contributed by atoms with van der Waals surface area (Å²) in [6.07, 6.45) is 51.1. The van der Waals surface area contributed by atoms with Crippen LogP contribution in [0.4, 0.5) is 0 Å². The molecule has 0 radical (unpaired) electrons. The molecule has 388 valence electrons. The van der Waals surface area contributed by atoms with Crippen LogP contribution in [0.1, 0.15) is 324 Å². The maximum atomic E-state index is 10.2. The van der Waals surface area contributed by atoms with Crippen LogP contribution in [0.5, 0.6) is 0 Å². The van der Waals surface area contributed by atoms with Crippen LogP contribution in [0.3, 0.4) is 0 Å². The fourth-order valence-electron chi connectivity index (χ4n) is 7.06. The molecule has 0 amide bonds. The number of carboxylic acids is 4. The summed E-state index contributed by atoms with van der Waals surface area (Å²) in [5.41, 5.74) is 0. The molecule has 8 nitrogen and oxygen atoms in total. The molecule has 0 unspecified atom stereocenters. The molecule has 9 heteroatoms. The molecule has 0 atom stereocenters. The first-order valence-corrected chi connectivity index (χ1v) is 32.1. The van der Waals surface area contributed by atoms with E-state index in [0.29, 0.717) is 12.8 Å². The summed E-state index contributed by atoms with van der Waals surface area (Å²) >= 11 is 0.149. The van der Waals surface area contributed by atoms with E-state index in [-0.39, 0.29) is 34.0 Å². The molecule has 0 saturated carbocycles. The summed E-state index contributed by atoms with van der Waals surface area (Å²) in [7, 11) is 0. The van der Waals surface area contributed by atoms with Crippen LogP contribution in [-0.4, -0.2) is 55.2 Å². The molecular weight excluding hydrogens is 919 g/mol. The second-order valence-electron chi connectivity index (χ2n) is 18.3. The zero-order valence-corrected chi connectivity index (χ0v) is 47.2. The van der Waals surface area contributed by atoms with Crippen molar-refractivity contribution >= 4 is 45.0 Å².